The van der Waals surface area contributed by atoms with E-state index in [4.69, 9.17) is 5.73 Å². The first-order valence-electron chi connectivity index (χ1n) is 6.69. The first kappa shape index (κ1) is 16.2. The SMILES string of the molecule is CNCCc1ccccc1C(=O)NCC(C)(C)C(N)=O. The van der Waals surface area contributed by atoms with Crippen LogP contribution in [-0.2, 0) is 11.2 Å². The smallest absolute Gasteiger partial charge is 0.251 e. The zero-order valence-electron chi connectivity index (χ0n) is 12.3. The normalized spacial score (nSPS) is 11.2. The third-order valence-corrected chi connectivity index (χ3v) is 3.26. The van der Waals surface area contributed by atoms with Crippen molar-refractivity contribution in [3.05, 3.63) is 35.4 Å². The van der Waals surface area contributed by atoms with Gasteiger partial charge in [0.05, 0.1) is 5.41 Å². The summed E-state index contributed by atoms with van der Waals surface area (Å²) >= 11 is 0. The van der Waals surface area contributed by atoms with Gasteiger partial charge < -0.3 is 16.4 Å². The van der Waals surface area contributed by atoms with Crippen LogP contribution in [0.4, 0.5) is 0 Å². The van der Waals surface area contributed by atoms with E-state index < -0.39 is 11.3 Å². The monoisotopic (exact) mass is 277 g/mol. The van der Waals surface area contributed by atoms with Crippen molar-refractivity contribution in [2.75, 3.05) is 20.1 Å². The predicted molar refractivity (Wildman–Crippen MR) is 79.4 cm³/mol. The van der Waals surface area contributed by atoms with Crippen molar-refractivity contribution in [1.82, 2.24) is 10.6 Å². The van der Waals surface area contributed by atoms with Gasteiger partial charge in [-0.1, -0.05) is 18.2 Å². The van der Waals surface area contributed by atoms with Crippen molar-refractivity contribution in [3.8, 4) is 0 Å². The molecule has 0 saturated carbocycles. The molecule has 2 amide bonds. The van der Waals surface area contributed by atoms with Gasteiger partial charge in [0.1, 0.15) is 0 Å². The standard InChI is InChI=1S/C15H23N3O2/c1-15(2,14(16)20)10-18-13(19)12-7-5-4-6-11(12)8-9-17-3/h4-7,17H,8-10H2,1-3H3,(H2,16,20)(H,18,19). The number of carbonyl (C=O) groups excluding carboxylic acids is 2. The molecule has 0 atom stereocenters. The third kappa shape index (κ3) is 4.35. The molecule has 0 bridgehead atoms. The van der Waals surface area contributed by atoms with E-state index in [1.807, 2.05) is 25.2 Å². The molecule has 0 aliphatic heterocycles. The third-order valence-electron chi connectivity index (χ3n) is 3.26. The molecule has 4 N–H and O–H groups in total. The van der Waals surface area contributed by atoms with Gasteiger partial charge >= 0.3 is 0 Å². The zero-order valence-corrected chi connectivity index (χ0v) is 12.3. The molecule has 110 valence electrons. The maximum absolute atomic E-state index is 12.2. The molecule has 0 spiro atoms. The van der Waals surface area contributed by atoms with Crippen LogP contribution in [0.25, 0.3) is 0 Å². The van der Waals surface area contributed by atoms with Crippen LogP contribution < -0.4 is 16.4 Å². The molecule has 1 aromatic carbocycles. The number of carbonyl (C=O) groups is 2. The summed E-state index contributed by atoms with van der Waals surface area (Å²) in [5, 5.41) is 5.84. The van der Waals surface area contributed by atoms with Crippen molar-refractivity contribution in [2.45, 2.75) is 20.3 Å². The second-order valence-electron chi connectivity index (χ2n) is 5.44. The summed E-state index contributed by atoms with van der Waals surface area (Å²) in [7, 11) is 1.87. The number of hydrogen-bond donors (Lipinski definition) is 3. The molecule has 0 aliphatic carbocycles. The van der Waals surface area contributed by atoms with Crippen molar-refractivity contribution >= 4 is 11.8 Å². The van der Waals surface area contributed by atoms with Crippen LogP contribution in [0.1, 0.15) is 29.8 Å². The van der Waals surface area contributed by atoms with E-state index in [9.17, 15) is 9.59 Å². The van der Waals surface area contributed by atoms with E-state index in [-0.39, 0.29) is 12.5 Å². The highest BCUT2D eigenvalue weighted by Gasteiger charge is 2.25. The van der Waals surface area contributed by atoms with Crippen LogP contribution in [0.15, 0.2) is 24.3 Å². The number of likely N-dealkylation sites (N-methyl/N-ethyl adjacent to an activating group) is 1. The maximum Gasteiger partial charge on any atom is 0.251 e. The summed E-state index contributed by atoms with van der Waals surface area (Å²) in [6.45, 7) is 4.45. The number of rotatable bonds is 7. The highest BCUT2D eigenvalue weighted by Crippen LogP contribution is 2.14. The molecule has 1 aromatic rings. The Morgan fingerprint density at radius 1 is 1.25 bits per heavy atom. The summed E-state index contributed by atoms with van der Waals surface area (Å²) in [5.74, 6) is -0.604. The maximum atomic E-state index is 12.2. The lowest BCUT2D eigenvalue weighted by Crippen LogP contribution is -2.42. The molecule has 0 unspecified atom stereocenters. The minimum atomic E-state index is -0.754. The molecule has 0 aromatic heterocycles. The van der Waals surface area contributed by atoms with Gasteiger partial charge in [-0.05, 0) is 45.5 Å². The zero-order chi connectivity index (χ0) is 15.2. The lowest BCUT2D eigenvalue weighted by molar-refractivity contribution is -0.125. The highest BCUT2D eigenvalue weighted by molar-refractivity contribution is 5.96. The molecule has 1 rings (SSSR count). The summed E-state index contributed by atoms with van der Waals surface area (Å²) in [4.78, 5) is 23.5. The van der Waals surface area contributed by atoms with E-state index in [0.29, 0.717) is 5.56 Å². The predicted octanol–water partition coefficient (Wildman–Crippen LogP) is 0.690. The van der Waals surface area contributed by atoms with Gasteiger partial charge in [-0.2, -0.15) is 0 Å². The van der Waals surface area contributed by atoms with Crippen LogP contribution in [0.5, 0.6) is 0 Å². The molecule has 0 aliphatic rings. The van der Waals surface area contributed by atoms with Crippen LogP contribution in [0.3, 0.4) is 0 Å². The number of nitrogens with two attached hydrogens (primary N) is 1. The summed E-state index contributed by atoms with van der Waals surface area (Å²) < 4.78 is 0. The highest BCUT2D eigenvalue weighted by atomic mass is 16.2. The molecular formula is C15H23N3O2. The Labute approximate surface area is 119 Å². The summed E-state index contributed by atoms with van der Waals surface area (Å²) in [5.41, 5.74) is 6.16. The second kappa shape index (κ2) is 7.05. The number of amides is 2. The van der Waals surface area contributed by atoms with Crippen LogP contribution in [-0.4, -0.2) is 32.0 Å². The fourth-order valence-corrected chi connectivity index (χ4v) is 1.70. The molecule has 5 nitrogen and oxygen atoms in total. The Balaban J connectivity index is 2.75. The van der Waals surface area contributed by atoms with Gasteiger partial charge in [0, 0.05) is 12.1 Å². The number of primary amides is 1. The van der Waals surface area contributed by atoms with Crippen molar-refractivity contribution in [3.63, 3.8) is 0 Å². The van der Waals surface area contributed by atoms with E-state index in [1.54, 1.807) is 19.9 Å². The Hall–Kier alpha value is -1.88. The molecule has 20 heavy (non-hydrogen) atoms. The lowest BCUT2D eigenvalue weighted by Gasteiger charge is -2.21. The van der Waals surface area contributed by atoms with Crippen molar-refractivity contribution in [2.24, 2.45) is 11.1 Å². The summed E-state index contributed by atoms with van der Waals surface area (Å²) in [6.07, 6.45) is 0.777. The average molecular weight is 277 g/mol. The van der Waals surface area contributed by atoms with Crippen LogP contribution in [0, 0.1) is 5.41 Å². The molecule has 0 fully saturated rings. The van der Waals surface area contributed by atoms with E-state index in [2.05, 4.69) is 10.6 Å². The molecule has 0 saturated heterocycles. The van der Waals surface area contributed by atoms with Crippen molar-refractivity contribution < 1.29 is 9.59 Å². The van der Waals surface area contributed by atoms with E-state index in [1.165, 1.54) is 0 Å². The Morgan fingerprint density at radius 3 is 2.50 bits per heavy atom. The van der Waals surface area contributed by atoms with Gasteiger partial charge in [0.15, 0.2) is 0 Å². The van der Waals surface area contributed by atoms with Gasteiger partial charge in [0.2, 0.25) is 5.91 Å². The van der Waals surface area contributed by atoms with Gasteiger partial charge in [-0.3, -0.25) is 9.59 Å². The van der Waals surface area contributed by atoms with Gasteiger partial charge in [-0.15, -0.1) is 0 Å². The molecule has 5 heteroatoms. The largest absolute Gasteiger partial charge is 0.369 e. The van der Waals surface area contributed by atoms with E-state index >= 15 is 0 Å². The first-order valence-corrected chi connectivity index (χ1v) is 6.69. The Bertz CT molecular complexity index is 484. The quantitative estimate of drug-likeness (QED) is 0.685. The lowest BCUT2D eigenvalue weighted by atomic mass is 9.92. The number of nitrogens with one attached hydrogen (secondary N) is 2. The van der Waals surface area contributed by atoms with Gasteiger partial charge in [0.25, 0.3) is 5.91 Å². The minimum Gasteiger partial charge on any atom is -0.369 e. The Morgan fingerprint density at radius 2 is 1.90 bits per heavy atom. The summed E-state index contributed by atoms with van der Waals surface area (Å²) in [6, 6.07) is 7.47. The van der Waals surface area contributed by atoms with Crippen LogP contribution in [0.2, 0.25) is 0 Å². The topological polar surface area (TPSA) is 84.2 Å². The Kier molecular flexibility index (Phi) is 5.70. The molecule has 0 radical (unpaired) electrons. The fourth-order valence-electron chi connectivity index (χ4n) is 1.70. The average Bonchev–Trinajstić information content (AvgIpc) is 2.42. The van der Waals surface area contributed by atoms with E-state index in [0.717, 1.165) is 18.5 Å². The van der Waals surface area contributed by atoms with Gasteiger partial charge in [-0.25, -0.2) is 0 Å². The molecule has 0 heterocycles. The molecular weight excluding hydrogens is 254 g/mol. The van der Waals surface area contributed by atoms with Crippen LogP contribution >= 0.6 is 0 Å². The fraction of sp³-hybridized carbons (Fsp3) is 0.467. The number of benzene rings is 1. The van der Waals surface area contributed by atoms with Crippen molar-refractivity contribution in [1.29, 1.82) is 0 Å². The number of hydrogen-bond acceptors (Lipinski definition) is 3. The second-order valence-corrected chi connectivity index (χ2v) is 5.44. The minimum absolute atomic E-state index is 0.175. The first-order chi connectivity index (χ1) is 9.38.